The Bertz CT molecular complexity index is 567. The number of halogens is 1. The molecule has 0 amide bonds. The molecule has 0 fully saturated rings. The second-order valence-electron chi connectivity index (χ2n) is 4.13. The van der Waals surface area contributed by atoms with Crippen molar-refractivity contribution < 1.29 is 0 Å². The summed E-state index contributed by atoms with van der Waals surface area (Å²) in [6, 6.07) is 10.4. The lowest BCUT2D eigenvalue weighted by Gasteiger charge is -2.13. The number of hydrogen-bond acceptors (Lipinski definition) is 3. The molecule has 0 saturated carbocycles. The fourth-order valence-electron chi connectivity index (χ4n) is 1.82. The summed E-state index contributed by atoms with van der Waals surface area (Å²) in [5.41, 5.74) is 1.16. The fraction of sp³-hybridized carbons (Fsp3) is 0.385. The number of thioether (sulfide) groups is 1. The molecule has 2 aromatic rings. The Labute approximate surface area is 124 Å². The van der Waals surface area contributed by atoms with Crippen molar-refractivity contribution in [3.63, 3.8) is 0 Å². The molecule has 1 N–H and O–H groups in total. The minimum Gasteiger partial charge on any atom is -0.270 e. The number of hydrogen-bond donors (Lipinski definition) is 1. The van der Waals surface area contributed by atoms with E-state index in [0.717, 1.165) is 16.2 Å². The standard InChI is InChI=1S/C13H16BrN3OS/c1-2-17-12(18)15-16-13(17)19-9-11(8-14)10-6-4-3-5-7-10/h3-7,11H,2,8-9H2,1H3,(H,15,18). The van der Waals surface area contributed by atoms with Crippen LogP contribution in [0.4, 0.5) is 0 Å². The van der Waals surface area contributed by atoms with E-state index in [0.29, 0.717) is 12.5 Å². The molecule has 102 valence electrons. The van der Waals surface area contributed by atoms with Gasteiger partial charge in [-0.15, -0.1) is 5.10 Å². The highest BCUT2D eigenvalue weighted by Gasteiger charge is 2.13. The lowest BCUT2D eigenvalue weighted by atomic mass is 10.0. The van der Waals surface area contributed by atoms with Crippen molar-refractivity contribution in [2.45, 2.75) is 24.5 Å². The van der Waals surface area contributed by atoms with Gasteiger partial charge in [0.05, 0.1) is 0 Å². The van der Waals surface area contributed by atoms with Crippen LogP contribution in [0.25, 0.3) is 0 Å². The molecule has 0 bridgehead atoms. The first-order valence-corrected chi connectivity index (χ1v) is 8.25. The number of aromatic amines is 1. The number of nitrogens with zero attached hydrogens (tertiary/aromatic N) is 2. The second-order valence-corrected chi connectivity index (χ2v) is 5.76. The predicted octanol–water partition coefficient (Wildman–Crippen LogP) is 2.86. The van der Waals surface area contributed by atoms with Crippen molar-refractivity contribution in [1.29, 1.82) is 0 Å². The molecule has 0 aliphatic rings. The lowest BCUT2D eigenvalue weighted by molar-refractivity contribution is 0.659. The summed E-state index contributed by atoms with van der Waals surface area (Å²) < 4.78 is 1.65. The molecule has 2 rings (SSSR count). The molecule has 1 atom stereocenters. The summed E-state index contributed by atoms with van der Waals surface area (Å²) in [6.07, 6.45) is 0. The Morgan fingerprint density at radius 3 is 2.79 bits per heavy atom. The molecule has 0 spiro atoms. The molecule has 1 aromatic heterocycles. The van der Waals surface area contributed by atoms with Crippen LogP contribution < -0.4 is 5.69 Å². The normalized spacial score (nSPS) is 12.5. The molecular weight excluding hydrogens is 326 g/mol. The summed E-state index contributed by atoms with van der Waals surface area (Å²) in [4.78, 5) is 11.5. The van der Waals surface area contributed by atoms with Gasteiger partial charge in [0.25, 0.3) is 0 Å². The van der Waals surface area contributed by atoms with Crippen LogP contribution in [0.15, 0.2) is 40.3 Å². The molecule has 0 aliphatic heterocycles. The van der Waals surface area contributed by atoms with E-state index < -0.39 is 0 Å². The van der Waals surface area contributed by atoms with Crippen molar-refractivity contribution in [1.82, 2.24) is 14.8 Å². The van der Waals surface area contributed by atoms with Crippen molar-refractivity contribution in [2.24, 2.45) is 0 Å². The van der Waals surface area contributed by atoms with Crippen LogP contribution in [-0.4, -0.2) is 25.8 Å². The molecule has 4 nitrogen and oxygen atoms in total. The van der Waals surface area contributed by atoms with Gasteiger partial charge in [0, 0.05) is 23.5 Å². The van der Waals surface area contributed by atoms with E-state index in [1.807, 2.05) is 25.1 Å². The van der Waals surface area contributed by atoms with Gasteiger partial charge >= 0.3 is 5.69 Å². The predicted molar refractivity (Wildman–Crippen MR) is 82.2 cm³/mol. The largest absolute Gasteiger partial charge is 0.343 e. The van der Waals surface area contributed by atoms with Gasteiger partial charge in [0.1, 0.15) is 0 Å². The topological polar surface area (TPSA) is 50.7 Å². The molecule has 0 radical (unpaired) electrons. The Balaban J connectivity index is 2.06. The number of H-pyrrole nitrogens is 1. The van der Waals surface area contributed by atoms with Gasteiger partial charge in [-0.3, -0.25) is 4.57 Å². The van der Waals surface area contributed by atoms with Gasteiger partial charge in [-0.1, -0.05) is 58.0 Å². The van der Waals surface area contributed by atoms with E-state index in [4.69, 9.17) is 0 Å². The van der Waals surface area contributed by atoms with Crippen LogP contribution in [0.5, 0.6) is 0 Å². The maximum absolute atomic E-state index is 11.5. The maximum Gasteiger partial charge on any atom is 0.343 e. The maximum atomic E-state index is 11.5. The average molecular weight is 342 g/mol. The number of aromatic nitrogens is 3. The molecule has 19 heavy (non-hydrogen) atoms. The zero-order valence-electron chi connectivity index (χ0n) is 10.7. The van der Waals surface area contributed by atoms with Crippen molar-refractivity contribution >= 4 is 27.7 Å². The van der Waals surface area contributed by atoms with Crippen molar-refractivity contribution in [3.05, 3.63) is 46.4 Å². The van der Waals surface area contributed by atoms with E-state index >= 15 is 0 Å². The van der Waals surface area contributed by atoms with Crippen LogP contribution in [-0.2, 0) is 6.54 Å². The lowest BCUT2D eigenvalue weighted by Crippen LogP contribution is -2.16. The van der Waals surface area contributed by atoms with Gasteiger partial charge in [-0.2, -0.15) is 0 Å². The summed E-state index contributed by atoms with van der Waals surface area (Å²) in [6.45, 7) is 2.59. The summed E-state index contributed by atoms with van der Waals surface area (Å²) >= 11 is 5.17. The first-order chi connectivity index (χ1) is 9.26. The van der Waals surface area contributed by atoms with Gasteiger partial charge in [-0.25, -0.2) is 9.89 Å². The third-order valence-corrected chi connectivity index (χ3v) is 4.83. The Kier molecular flexibility index (Phi) is 5.27. The minimum atomic E-state index is -0.139. The van der Waals surface area contributed by atoms with Crippen LogP contribution in [0.3, 0.4) is 0 Å². The van der Waals surface area contributed by atoms with Crippen LogP contribution in [0.1, 0.15) is 18.4 Å². The average Bonchev–Trinajstić information content (AvgIpc) is 2.81. The molecule has 6 heteroatoms. The Morgan fingerprint density at radius 2 is 2.16 bits per heavy atom. The third kappa shape index (κ3) is 3.51. The zero-order valence-corrected chi connectivity index (χ0v) is 13.1. The van der Waals surface area contributed by atoms with E-state index in [-0.39, 0.29) is 5.69 Å². The number of nitrogens with one attached hydrogen (secondary N) is 1. The monoisotopic (exact) mass is 341 g/mol. The first kappa shape index (κ1) is 14.4. The second kappa shape index (κ2) is 6.96. The van der Waals surface area contributed by atoms with Crippen molar-refractivity contribution in [2.75, 3.05) is 11.1 Å². The van der Waals surface area contributed by atoms with Crippen LogP contribution in [0.2, 0.25) is 0 Å². The molecule has 1 unspecified atom stereocenters. The van der Waals surface area contributed by atoms with E-state index in [1.54, 1.807) is 16.3 Å². The molecule has 0 saturated heterocycles. The highest BCUT2D eigenvalue weighted by Crippen LogP contribution is 2.26. The minimum absolute atomic E-state index is 0.139. The molecular formula is C13H16BrN3OS. The molecule has 1 aromatic carbocycles. The smallest absolute Gasteiger partial charge is 0.270 e. The van der Waals surface area contributed by atoms with E-state index in [1.165, 1.54) is 5.56 Å². The van der Waals surface area contributed by atoms with Gasteiger partial charge in [-0.05, 0) is 12.5 Å². The van der Waals surface area contributed by atoms with E-state index in [2.05, 4.69) is 38.3 Å². The summed E-state index contributed by atoms with van der Waals surface area (Å²) in [7, 11) is 0. The van der Waals surface area contributed by atoms with E-state index in [9.17, 15) is 4.79 Å². The highest BCUT2D eigenvalue weighted by atomic mass is 79.9. The third-order valence-electron chi connectivity index (χ3n) is 2.91. The highest BCUT2D eigenvalue weighted by molar-refractivity contribution is 9.09. The van der Waals surface area contributed by atoms with Crippen LogP contribution in [0, 0.1) is 0 Å². The Hall–Kier alpha value is -1.01. The number of benzene rings is 1. The fourth-order valence-corrected chi connectivity index (χ4v) is 3.87. The van der Waals surface area contributed by atoms with Crippen LogP contribution >= 0.6 is 27.7 Å². The van der Waals surface area contributed by atoms with Crippen molar-refractivity contribution in [3.8, 4) is 0 Å². The zero-order chi connectivity index (χ0) is 13.7. The number of alkyl halides is 1. The Morgan fingerprint density at radius 1 is 1.42 bits per heavy atom. The van der Waals surface area contributed by atoms with Gasteiger partial charge in [0.15, 0.2) is 5.16 Å². The van der Waals surface area contributed by atoms with Gasteiger partial charge < -0.3 is 0 Å². The number of rotatable bonds is 6. The quantitative estimate of drug-likeness (QED) is 0.649. The first-order valence-electron chi connectivity index (χ1n) is 6.15. The summed E-state index contributed by atoms with van der Waals surface area (Å²) in [5, 5.41) is 8.21. The van der Waals surface area contributed by atoms with Gasteiger partial charge in [0.2, 0.25) is 0 Å². The molecule has 0 aliphatic carbocycles. The SMILES string of the molecule is CCn1c(SCC(CBr)c2ccccc2)n[nH]c1=O. The molecule has 1 heterocycles. The summed E-state index contributed by atoms with van der Waals surface area (Å²) in [5.74, 6) is 1.29.